The number of carbonyl (C=O) groups excluding carboxylic acids is 3. The molecular formula is C74H119BNaO20. The van der Waals surface area contributed by atoms with E-state index in [1.54, 1.807) is 27.7 Å². The van der Waals surface area contributed by atoms with E-state index in [-0.39, 0.29) is 149 Å². The second-order valence-corrected chi connectivity index (χ2v) is 37.0. The fraction of sp³-hybridized carbons (Fsp3) is 0.959. The molecule has 14 fully saturated rings. The molecule has 10 aliphatic carbocycles. The normalized spacial score (nSPS) is 53.5. The van der Waals surface area contributed by atoms with E-state index in [0.29, 0.717) is 30.6 Å². The molecule has 3 radical (unpaired) electrons. The third kappa shape index (κ3) is 10.6. The van der Waals surface area contributed by atoms with E-state index in [0.717, 1.165) is 83.5 Å². The van der Waals surface area contributed by atoms with E-state index in [4.69, 9.17) is 37.9 Å². The smallest absolute Gasteiger partial charge is 1.00 e. The Bertz CT molecular complexity index is 2950. The van der Waals surface area contributed by atoms with Gasteiger partial charge in [0.2, 0.25) is 0 Å². The summed E-state index contributed by atoms with van der Waals surface area (Å²) in [5.41, 5.74) is -3.66. The minimum Gasteiger partial charge on any atom is -1.00 e. The van der Waals surface area contributed by atoms with Crippen LogP contribution in [-0.2, 0) is 52.3 Å². The molecule has 22 heteroatoms. The second kappa shape index (κ2) is 24.9. The summed E-state index contributed by atoms with van der Waals surface area (Å²) >= 11 is 0. The number of hydrogen-bond acceptors (Lipinski definition) is 20. The molecule has 14 aliphatic rings. The molecule has 4 heterocycles. The molecular weight excluding hydrogens is 1240 g/mol. The number of esters is 2. The summed E-state index contributed by atoms with van der Waals surface area (Å²) in [7, 11) is 0. The van der Waals surface area contributed by atoms with E-state index in [9.17, 15) is 60.3 Å². The summed E-state index contributed by atoms with van der Waals surface area (Å²) in [5.74, 6) is 1.32. The maximum Gasteiger partial charge on any atom is 1.00 e. The van der Waals surface area contributed by atoms with E-state index >= 15 is 0 Å². The van der Waals surface area contributed by atoms with Crippen LogP contribution in [0, 0.1) is 101 Å². The predicted molar refractivity (Wildman–Crippen MR) is 347 cm³/mol. The minimum absolute atomic E-state index is 0. The summed E-state index contributed by atoms with van der Waals surface area (Å²) < 4.78 is 49.0. The number of rotatable bonds is 10. The monoisotopic (exact) mass is 1360 g/mol. The average molecular weight is 1360 g/mol. The van der Waals surface area contributed by atoms with Crippen LogP contribution in [0.3, 0.4) is 0 Å². The van der Waals surface area contributed by atoms with Gasteiger partial charge in [0.25, 0.3) is 0 Å². The van der Waals surface area contributed by atoms with Crippen LogP contribution >= 0.6 is 0 Å². The fourth-order valence-corrected chi connectivity index (χ4v) is 27.0. The van der Waals surface area contributed by atoms with Crippen LogP contribution in [0.2, 0.25) is 0 Å². The Balaban J connectivity index is 0.000000204. The maximum atomic E-state index is 15.0. The van der Waals surface area contributed by atoms with Gasteiger partial charge in [-0.2, -0.15) is 0 Å². The third-order valence-electron chi connectivity index (χ3n) is 31.4. The van der Waals surface area contributed by atoms with Crippen LogP contribution in [0.5, 0.6) is 0 Å². The zero-order chi connectivity index (χ0) is 68.6. The van der Waals surface area contributed by atoms with Crippen LogP contribution in [0.1, 0.15) is 215 Å². The van der Waals surface area contributed by atoms with E-state index in [2.05, 4.69) is 69.2 Å². The third-order valence-corrected chi connectivity index (χ3v) is 31.4. The molecule has 9 N–H and O–H groups in total. The van der Waals surface area contributed by atoms with Crippen LogP contribution < -0.4 is 29.6 Å². The van der Waals surface area contributed by atoms with Gasteiger partial charge in [-0.1, -0.05) is 69.2 Å². The Kier molecular flexibility index (Phi) is 19.7. The van der Waals surface area contributed by atoms with Crippen LogP contribution in [0.15, 0.2) is 0 Å². The molecule has 0 aromatic heterocycles. The summed E-state index contributed by atoms with van der Waals surface area (Å²) in [5, 5.41) is 96.1. The molecule has 33 atom stereocenters. The Morgan fingerprint density at radius 3 is 1.39 bits per heavy atom. The first-order chi connectivity index (χ1) is 43.5. The van der Waals surface area contributed by atoms with Gasteiger partial charge in [0.15, 0.2) is 30.6 Å². The Morgan fingerprint density at radius 2 is 0.938 bits per heavy atom. The van der Waals surface area contributed by atoms with Gasteiger partial charge in [-0.25, -0.2) is 0 Å². The first kappa shape index (κ1) is 76.2. The molecule has 0 aromatic carbocycles. The SMILES string of the molecule is CC(=O)O[C@@H]([C@H]1C[C@@H](C)[C@H]2[C@H](O1)C(=O)[C@@]1(C)[C@@H]3CC[C@H]4C(C)(C)[C@@H](O[C@@H]5OCC(O)[C@H](O)[C@H]5O)CCC45C[C@@]35CC[C@]21C)C(C)(C)O.CC(=O)O[C@@H]([C@H]1C[C@@H](C)[C@H]2[C@H](O1)[C@H](O)[C@@]1(C)[C@@H]3CC[C@H]4C(C)(C)[C@@H](O[C@@H]5OCC(O)[C@H](O)[C@H]5O)CCC45C[C@@]35CC[C@]21C)C(C)(C)O.[B].[H-].[Na+]. The maximum absolute atomic E-state index is 15.0. The number of aliphatic hydroxyl groups is 9. The molecule has 4 saturated heterocycles. The quantitative estimate of drug-likeness (QED) is 0.0858. The van der Waals surface area contributed by atoms with Crippen LogP contribution in [0.4, 0.5) is 0 Å². The van der Waals surface area contributed by atoms with Crippen LogP contribution in [-0.4, -0.2) is 201 Å². The van der Waals surface area contributed by atoms with Crippen molar-refractivity contribution in [3.63, 3.8) is 0 Å². The first-order valence-corrected chi connectivity index (χ1v) is 36.5. The van der Waals surface area contributed by atoms with E-state index in [1.807, 2.05) is 0 Å². The Labute approximate surface area is 595 Å². The molecule has 96 heavy (non-hydrogen) atoms. The zero-order valence-electron chi connectivity index (χ0n) is 61.8. The summed E-state index contributed by atoms with van der Waals surface area (Å²) in [6.07, 6.45) is 1.40. The summed E-state index contributed by atoms with van der Waals surface area (Å²) in [4.78, 5) is 39.0. The summed E-state index contributed by atoms with van der Waals surface area (Å²) in [6, 6.07) is 0. The van der Waals surface area contributed by atoms with E-state index in [1.165, 1.54) is 20.3 Å². The van der Waals surface area contributed by atoms with Crippen molar-refractivity contribution in [2.24, 2.45) is 101 Å². The number of fused-ring (bicyclic) bond motifs is 8. The molecule has 20 nitrogen and oxygen atoms in total. The number of ether oxygens (including phenoxy) is 8. The molecule has 10 saturated carbocycles. The number of hydrogen-bond donors (Lipinski definition) is 9. The molecule has 0 amide bonds. The van der Waals surface area contributed by atoms with Crippen molar-refractivity contribution in [3.05, 3.63) is 0 Å². The van der Waals surface area contributed by atoms with Crippen molar-refractivity contribution in [1.82, 2.24) is 0 Å². The van der Waals surface area contributed by atoms with Crippen molar-refractivity contribution in [2.75, 3.05) is 13.2 Å². The van der Waals surface area contributed by atoms with Gasteiger partial charge in [0.1, 0.15) is 42.7 Å². The number of Topliss-reactive ketones (excluding diaryl/α,β-unsaturated/α-hetero) is 1. The van der Waals surface area contributed by atoms with Gasteiger partial charge in [-0.05, 0) is 215 Å². The molecule has 4 unspecified atom stereocenters. The van der Waals surface area contributed by atoms with Crippen LogP contribution in [0.25, 0.3) is 0 Å². The van der Waals surface area contributed by atoms with E-state index < -0.39 is 120 Å². The second-order valence-electron chi connectivity index (χ2n) is 37.0. The Morgan fingerprint density at radius 1 is 0.542 bits per heavy atom. The summed E-state index contributed by atoms with van der Waals surface area (Å²) in [6.45, 7) is 32.1. The number of aliphatic hydroxyl groups excluding tert-OH is 7. The Hall–Kier alpha value is -0.925. The van der Waals surface area contributed by atoms with Gasteiger partial charge >= 0.3 is 41.5 Å². The largest absolute Gasteiger partial charge is 1.00 e. The average Bonchev–Trinajstić information content (AvgIpc) is 1.47. The van der Waals surface area contributed by atoms with Gasteiger partial charge < -0.3 is 85.3 Å². The predicted octanol–water partition coefficient (Wildman–Crippen LogP) is 3.60. The number of ketones is 1. The van der Waals surface area contributed by atoms with Crippen molar-refractivity contribution in [1.29, 1.82) is 0 Å². The minimum atomic E-state index is -1.31. The van der Waals surface area contributed by atoms with Crippen molar-refractivity contribution in [3.8, 4) is 0 Å². The first-order valence-electron chi connectivity index (χ1n) is 36.5. The molecule has 14 rings (SSSR count). The van der Waals surface area contributed by atoms with Crippen molar-refractivity contribution >= 4 is 26.1 Å². The van der Waals surface area contributed by atoms with Gasteiger partial charge in [-0.3, -0.25) is 14.4 Å². The van der Waals surface area contributed by atoms with Crippen molar-refractivity contribution < 1.29 is 129 Å². The van der Waals surface area contributed by atoms with Gasteiger partial charge in [0.05, 0.1) is 61.0 Å². The molecule has 0 aromatic rings. The number of carbonyl (C=O) groups is 3. The molecule has 0 bridgehead atoms. The topological polar surface area (TPSA) is 307 Å². The molecule has 539 valence electrons. The van der Waals surface area contributed by atoms with Gasteiger partial charge in [0, 0.05) is 39.0 Å². The van der Waals surface area contributed by atoms with Crippen molar-refractivity contribution in [2.45, 2.75) is 329 Å². The molecule has 4 aliphatic heterocycles. The molecule has 4 spiro atoms. The van der Waals surface area contributed by atoms with Gasteiger partial charge in [-0.15, -0.1) is 0 Å². The standard InChI is InChI=1S/C37H60O10.C37H58O10.B.Na.H/c2*1-18-15-21(30(33(5,6)43)45-19(2)38)46-28-25(18)34(7)13-14-37-17-36(37)12-11-24(47-31-27(41)26(40)20(39)16-44-31)32(3,4)22(36)9-10-23(37)35(34,8)29(28)42;;;/h18,20-31,39-43H,9-17H2,1-8H3;18,20-28,30-31,39-41,43H,9-17H2,1-8H3;;;/q;;;+1;-1/t18-,20?,21-,22+,23+,24+,25+,26+,27-,28+,29+,30+,31+,34-,35-,36?,37+;18-,20?,21-,22+,23+,24+,25+,26+,27-,28+,30+,31+,34-,35-,36?,37+;;;/m11.../s1. The fourth-order valence-electron chi connectivity index (χ4n) is 27.0. The zero-order valence-corrected chi connectivity index (χ0v) is 62.8.